The molecule has 0 radical (unpaired) electrons. The lowest BCUT2D eigenvalue weighted by Crippen LogP contribution is -2.64. The Balaban J connectivity index is 2.17. The minimum atomic E-state index is -1.00. The van der Waals surface area contributed by atoms with E-state index in [1.165, 1.54) is 0 Å². The van der Waals surface area contributed by atoms with Crippen LogP contribution >= 0.6 is 0 Å². The first-order valence-electron chi connectivity index (χ1n) is 17.5. The minimum Gasteiger partial charge on any atom is -0.461 e. The van der Waals surface area contributed by atoms with Crippen LogP contribution in [-0.2, 0) is 19.1 Å². The van der Waals surface area contributed by atoms with E-state index >= 15 is 0 Å². The zero-order valence-corrected chi connectivity index (χ0v) is 30.2. The molecule has 6 heteroatoms. The van der Waals surface area contributed by atoms with Crippen LogP contribution in [0.15, 0.2) is 12.2 Å². The summed E-state index contributed by atoms with van der Waals surface area (Å²) in [7, 11) is 1.86. The SMILES string of the molecule is CCCCC(CCCC)(C(C)=O)C(=O)OC1CC(C)(C)N(CC=CCN2C(C)(CC)CC(OC)CC2(C)CC)C(C)(C)C1. The molecule has 2 unspecified atom stereocenters. The van der Waals surface area contributed by atoms with Gasteiger partial charge >= 0.3 is 5.97 Å². The number of ether oxygens (including phenoxy) is 2. The van der Waals surface area contributed by atoms with Crippen LogP contribution in [0.5, 0.6) is 0 Å². The molecule has 2 heterocycles. The molecule has 0 spiro atoms. The molecule has 0 bridgehead atoms. The summed E-state index contributed by atoms with van der Waals surface area (Å²) in [5.41, 5.74) is -1.10. The number of unbranched alkanes of at least 4 members (excludes halogenated alkanes) is 2. The van der Waals surface area contributed by atoms with E-state index in [4.69, 9.17) is 9.47 Å². The molecule has 0 aromatic carbocycles. The average molecular weight is 605 g/mol. The zero-order chi connectivity index (χ0) is 32.7. The van der Waals surface area contributed by atoms with Gasteiger partial charge in [-0.05, 0) is 87.0 Å². The van der Waals surface area contributed by atoms with Gasteiger partial charge in [-0.3, -0.25) is 19.4 Å². The van der Waals surface area contributed by atoms with E-state index in [9.17, 15) is 9.59 Å². The molecule has 2 saturated heterocycles. The fraction of sp³-hybridized carbons (Fsp3) is 0.892. The lowest BCUT2D eigenvalue weighted by molar-refractivity contribution is -0.174. The predicted molar refractivity (Wildman–Crippen MR) is 179 cm³/mol. The van der Waals surface area contributed by atoms with E-state index in [0.29, 0.717) is 18.9 Å². The summed E-state index contributed by atoms with van der Waals surface area (Å²) >= 11 is 0. The molecule has 43 heavy (non-hydrogen) atoms. The third-order valence-electron chi connectivity index (χ3n) is 11.4. The van der Waals surface area contributed by atoms with Crippen molar-refractivity contribution in [2.24, 2.45) is 5.41 Å². The third kappa shape index (κ3) is 8.73. The van der Waals surface area contributed by atoms with Crippen LogP contribution in [-0.4, -0.2) is 76.1 Å². The Hall–Kier alpha value is -1.24. The molecule has 2 aliphatic heterocycles. The first kappa shape index (κ1) is 37.9. The van der Waals surface area contributed by atoms with E-state index in [1.54, 1.807) is 6.92 Å². The maximum atomic E-state index is 13.8. The summed E-state index contributed by atoms with van der Waals surface area (Å²) in [6.45, 7) is 26.1. The number of esters is 1. The molecule has 6 nitrogen and oxygen atoms in total. The Kier molecular flexibility index (Phi) is 13.6. The van der Waals surface area contributed by atoms with Gasteiger partial charge in [0.25, 0.3) is 0 Å². The number of rotatable bonds is 16. The van der Waals surface area contributed by atoms with Crippen LogP contribution < -0.4 is 0 Å². The normalized spacial score (nSPS) is 28.8. The van der Waals surface area contributed by atoms with Gasteiger partial charge in [-0.25, -0.2) is 0 Å². The van der Waals surface area contributed by atoms with Crippen molar-refractivity contribution in [2.45, 2.75) is 188 Å². The van der Waals surface area contributed by atoms with Gasteiger partial charge in [0.15, 0.2) is 0 Å². The highest BCUT2D eigenvalue weighted by molar-refractivity contribution is 6.02. The van der Waals surface area contributed by atoms with Crippen LogP contribution in [0, 0.1) is 5.41 Å². The summed E-state index contributed by atoms with van der Waals surface area (Å²) in [4.78, 5) is 32.0. The van der Waals surface area contributed by atoms with E-state index < -0.39 is 5.41 Å². The number of methoxy groups -OCH3 is 1. The number of piperidine rings is 2. The van der Waals surface area contributed by atoms with Crippen molar-refractivity contribution in [2.75, 3.05) is 20.2 Å². The van der Waals surface area contributed by atoms with Gasteiger partial charge in [-0.15, -0.1) is 0 Å². The van der Waals surface area contributed by atoms with Crippen molar-refractivity contribution in [1.82, 2.24) is 9.80 Å². The molecule has 0 saturated carbocycles. The number of hydrogen-bond donors (Lipinski definition) is 0. The van der Waals surface area contributed by atoms with E-state index in [-0.39, 0.29) is 40.0 Å². The number of nitrogens with zero attached hydrogens (tertiary/aromatic N) is 2. The second-order valence-electron chi connectivity index (χ2n) is 15.6. The van der Waals surface area contributed by atoms with Crippen LogP contribution in [0.2, 0.25) is 0 Å². The minimum absolute atomic E-state index is 0.0368. The van der Waals surface area contributed by atoms with Gasteiger partial charge in [0.05, 0.1) is 6.10 Å². The second kappa shape index (κ2) is 15.4. The van der Waals surface area contributed by atoms with Crippen molar-refractivity contribution in [1.29, 1.82) is 0 Å². The van der Waals surface area contributed by atoms with Crippen molar-refractivity contribution >= 4 is 11.8 Å². The number of ketones is 1. The fourth-order valence-electron chi connectivity index (χ4n) is 8.41. The Morgan fingerprint density at radius 2 is 1.19 bits per heavy atom. The number of carbonyl (C=O) groups excluding carboxylic acids is 2. The third-order valence-corrected chi connectivity index (χ3v) is 11.4. The Labute approximate surface area is 265 Å². The number of hydrogen-bond acceptors (Lipinski definition) is 6. The highest BCUT2D eigenvalue weighted by Gasteiger charge is 2.50. The number of Topliss-reactive ketones (excluding diaryl/α,β-unsaturated/α-hetero) is 1. The Morgan fingerprint density at radius 1 is 0.744 bits per heavy atom. The number of likely N-dealkylation sites (tertiary alicyclic amines) is 2. The summed E-state index contributed by atoms with van der Waals surface area (Å²) in [5.74, 6) is -0.327. The maximum absolute atomic E-state index is 13.8. The molecule has 2 atom stereocenters. The van der Waals surface area contributed by atoms with Crippen LogP contribution in [0.3, 0.4) is 0 Å². The van der Waals surface area contributed by atoms with Gasteiger partial charge in [-0.2, -0.15) is 0 Å². The van der Waals surface area contributed by atoms with Crippen LogP contribution in [0.1, 0.15) is 153 Å². The Morgan fingerprint density at radius 3 is 1.56 bits per heavy atom. The molecule has 0 amide bonds. The molecular formula is C37H68N2O4. The molecule has 0 N–H and O–H groups in total. The molecule has 250 valence electrons. The van der Waals surface area contributed by atoms with Gasteiger partial charge in [0.2, 0.25) is 0 Å². The summed E-state index contributed by atoms with van der Waals surface area (Å²) in [5, 5.41) is 0. The van der Waals surface area contributed by atoms with Crippen molar-refractivity contribution < 1.29 is 19.1 Å². The molecule has 0 aromatic rings. The molecule has 0 aromatic heterocycles. The topological polar surface area (TPSA) is 59.1 Å². The highest BCUT2D eigenvalue weighted by atomic mass is 16.5. The maximum Gasteiger partial charge on any atom is 0.319 e. The van der Waals surface area contributed by atoms with E-state index in [1.807, 2.05) is 7.11 Å². The van der Waals surface area contributed by atoms with Gasteiger partial charge in [0, 0.05) is 55.2 Å². The predicted octanol–water partition coefficient (Wildman–Crippen LogP) is 8.51. The molecular weight excluding hydrogens is 536 g/mol. The first-order valence-corrected chi connectivity index (χ1v) is 17.5. The summed E-state index contributed by atoms with van der Waals surface area (Å²) < 4.78 is 12.2. The standard InChI is InChI=1S/C37H68N2O4/c1-13-17-21-37(29(5)40,22-18-14-2)32(41)43-31-25-33(6,7)38(34(8,9)26-31)23-19-20-24-39-35(10,15-3)27-30(42-12)28-36(39,11)16-4/h19-20,30-31H,13-18,21-28H2,1-12H3. The fourth-order valence-corrected chi connectivity index (χ4v) is 8.41. The van der Waals surface area contributed by atoms with Gasteiger partial charge in [0.1, 0.15) is 17.3 Å². The smallest absolute Gasteiger partial charge is 0.319 e. The second-order valence-corrected chi connectivity index (χ2v) is 15.6. The van der Waals surface area contributed by atoms with Crippen molar-refractivity contribution in [3.05, 3.63) is 12.2 Å². The van der Waals surface area contributed by atoms with Crippen LogP contribution in [0.25, 0.3) is 0 Å². The van der Waals surface area contributed by atoms with Crippen molar-refractivity contribution in [3.8, 4) is 0 Å². The summed E-state index contributed by atoms with van der Waals surface area (Å²) in [6, 6.07) is 0. The van der Waals surface area contributed by atoms with Crippen molar-refractivity contribution in [3.63, 3.8) is 0 Å². The molecule has 0 aliphatic carbocycles. The van der Waals surface area contributed by atoms with Crippen LogP contribution in [0.4, 0.5) is 0 Å². The first-order chi connectivity index (χ1) is 20.0. The molecule has 2 rings (SSSR count). The van der Waals surface area contributed by atoms with Gasteiger partial charge < -0.3 is 9.47 Å². The largest absolute Gasteiger partial charge is 0.461 e. The zero-order valence-electron chi connectivity index (χ0n) is 30.2. The summed E-state index contributed by atoms with van der Waals surface area (Å²) in [6.07, 6.45) is 15.5. The lowest BCUT2D eigenvalue weighted by atomic mass is 9.74. The van der Waals surface area contributed by atoms with E-state index in [2.05, 4.69) is 91.2 Å². The quantitative estimate of drug-likeness (QED) is 0.1000. The Bertz CT molecular complexity index is 897. The number of carbonyl (C=O) groups is 2. The van der Waals surface area contributed by atoms with Gasteiger partial charge in [-0.1, -0.05) is 65.5 Å². The van der Waals surface area contributed by atoms with E-state index in [0.717, 1.165) is 77.3 Å². The highest BCUT2D eigenvalue weighted by Crippen LogP contribution is 2.44. The molecule has 2 aliphatic rings. The monoisotopic (exact) mass is 605 g/mol. The lowest BCUT2D eigenvalue weighted by Gasteiger charge is -2.57. The average Bonchev–Trinajstić information content (AvgIpc) is 2.92. The molecule has 2 fully saturated rings.